The summed E-state index contributed by atoms with van der Waals surface area (Å²) in [5.74, 6) is 3.65. The third-order valence-corrected chi connectivity index (χ3v) is 11.9. The number of rotatable bonds is 5. The van der Waals surface area contributed by atoms with Crippen LogP contribution in [0.5, 0.6) is 0 Å². The van der Waals surface area contributed by atoms with Gasteiger partial charge in [0.1, 0.15) is 0 Å². The van der Waals surface area contributed by atoms with Crippen molar-refractivity contribution in [2.24, 2.45) is 52.3 Å². The minimum atomic E-state index is -0.353. The summed E-state index contributed by atoms with van der Waals surface area (Å²) in [4.78, 5) is 0. The largest absolute Gasteiger partial charge is 0.393 e. The van der Waals surface area contributed by atoms with Gasteiger partial charge in [-0.1, -0.05) is 34.6 Å². The van der Waals surface area contributed by atoms with E-state index in [2.05, 4.69) is 34.6 Å². The summed E-state index contributed by atoms with van der Waals surface area (Å²) >= 11 is 0. The van der Waals surface area contributed by atoms with E-state index in [9.17, 15) is 10.2 Å². The normalized spacial score (nSPS) is 48.4. The van der Waals surface area contributed by atoms with E-state index in [0.29, 0.717) is 46.3 Å². The zero-order chi connectivity index (χ0) is 23.6. The summed E-state index contributed by atoms with van der Waals surface area (Å²) in [5, 5.41) is 22.0. The molecule has 5 rings (SSSR count). The lowest BCUT2D eigenvalue weighted by Gasteiger charge is -2.63. The van der Waals surface area contributed by atoms with Crippen LogP contribution in [0.3, 0.4) is 0 Å². The van der Waals surface area contributed by atoms with Crippen LogP contribution in [0.2, 0.25) is 0 Å². The molecule has 0 aromatic heterocycles. The number of aliphatic hydroxyl groups excluding tert-OH is 2. The molecule has 190 valence electrons. The quantitative estimate of drug-likeness (QED) is 0.543. The van der Waals surface area contributed by atoms with Gasteiger partial charge in [-0.2, -0.15) is 0 Å². The summed E-state index contributed by atoms with van der Waals surface area (Å²) in [7, 11) is 0. The van der Waals surface area contributed by atoms with E-state index >= 15 is 0 Å². The van der Waals surface area contributed by atoms with Crippen LogP contribution in [0.1, 0.15) is 98.8 Å². The molecule has 5 aliphatic rings. The van der Waals surface area contributed by atoms with Crippen LogP contribution in [0.25, 0.3) is 0 Å². The van der Waals surface area contributed by atoms with Crippen molar-refractivity contribution in [2.75, 3.05) is 13.2 Å². The first-order valence-corrected chi connectivity index (χ1v) is 14.2. The molecule has 4 saturated carbocycles. The maximum absolute atomic E-state index is 11.6. The minimum Gasteiger partial charge on any atom is -0.393 e. The molecule has 1 heterocycles. The van der Waals surface area contributed by atoms with E-state index in [1.54, 1.807) is 0 Å². The molecule has 4 heteroatoms. The van der Waals surface area contributed by atoms with Crippen LogP contribution >= 0.6 is 0 Å². The second-order valence-electron chi connectivity index (χ2n) is 13.7. The Morgan fingerprint density at radius 1 is 0.879 bits per heavy atom. The average Bonchev–Trinajstić information content (AvgIpc) is 3.37. The van der Waals surface area contributed by atoms with Crippen molar-refractivity contribution in [3.8, 4) is 0 Å². The van der Waals surface area contributed by atoms with E-state index in [4.69, 9.17) is 9.47 Å². The Balaban J connectivity index is 1.31. The molecule has 33 heavy (non-hydrogen) atoms. The number of hydrogen-bond acceptors (Lipinski definition) is 4. The fourth-order valence-electron chi connectivity index (χ4n) is 9.87. The first-order chi connectivity index (χ1) is 15.6. The van der Waals surface area contributed by atoms with Crippen molar-refractivity contribution >= 4 is 0 Å². The highest BCUT2D eigenvalue weighted by Gasteiger charge is 2.64. The third-order valence-electron chi connectivity index (χ3n) is 11.9. The molecule has 10 atom stereocenters. The first-order valence-electron chi connectivity index (χ1n) is 14.2. The second kappa shape index (κ2) is 8.75. The van der Waals surface area contributed by atoms with Gasteiger partial charge in [0, 0.05) is 12.8 Å². The summed E-state index contributed by atoms with van der Waals surface area (Å²) in [6, 6.07) is 0. The molecule has 0 aromatic carbocycles. The molecule has 1 saturated heterocycles. The smallest absolute Gasteiger partial charge is 0.168 e. The topological polar surface area (TPSA) is 58.9 Å². The Morgan fingerprint density at radius 2 is 1.58 bits per heavy atom. The Bertz CT molecular complexity index is 702. The van der Waals surface area contributed by atoms with Gasteiger partial charge in [0.25, 0.3) is 0 Å². The predicted octanol–water partition coefficient (Wildman–Crippen LogP) is 5.79. The van der Waals surface area contributed by atoms with Crippen LogP contribution in [0, 0.1) is 52.3 Å². The van der Waals surface area contributed by atoms with Crippen molar-refractivity contribution in [3.63, 3.8) is 0 Å². The van der Waals surface area contributed by atoms with Gasteiger partial charge in [-0.05, 0) is 104 Å². The van der Waals surface area contributed by atoms with Crippen molar-refractivity contribution in [1.29, 1.82) is 0 Å². The molecule has 1 aliphatic heterocycles. The number of aliphatic hydroxyl groups is 2. The van der Waals surface area contributed by atoms with Crippen molar-refractivity contribution < 1.29 is 19.7 Å². The summed E-state index contributed by atoms with van der Waals surface area (Å²) in [5.41, 5.74) is 0.665. The van der Waals surface area contributed by atoms with E-state index < -0.39 is 0 Å². The molecular formula is C29H50O4. The lowest BCUT2D eigenvalue weighted by atomic mass is 9.43. The summed E-state index contributed by atoms with van der Waals surface area (Å²) in [6.45, 7) is 13.3. The SMILES string of the molecule is CC(C)[C@@H](O)CC[C@@H](C)[C@H]1CC[C@H]2[C@@H]3[C@H](O)C[C@H]4CC5(CC[C@]4(C)[C@H]3CC[C@]12C)OCCO5. The first kappa shape index (κ1) is 24.5. The van der Waals surface area contributed by atoms with Crippen molar-refractivity contribution in [2.45, 2.75) is 117 Å². The van der Waals surface area contributed by atoms with Crippen LogP contribution in [0.4, 0.5) is 0 Å². The van der Waals surface area contributed by atoms with Crippen LogP contribution in [-0.2, 0) is 9.47 Å². The molecule has 5 fully saturated rings. The molecule has 2 N–H and O–H groups in total. The predicted molar refractivity (Wildman–Crippen MR) is 130 cm³/mol. The van der Waals surface area contributed by atoms with E-state index in [-0.39, 0.29) is 18.0 Å². The maximum atomic E-state index is 11.6. The molecule has 0 aromatic rings. The number of fused-ring (bicyclic) bond motifs is 5. The number of ether oxygens (including phenoxy) is 2. The van der Waals surface area contributed by atoms with Gasteiger partial charge in [-0.25, -0.2) is 0 Å². The van der Waals surface area contributed by atoms with Gasteiger partial charge >= 0.3 is 0 Å². The standard InChI is InChI=1S/C29H50O4/c1-18(2)24(30)9-6-19(3)21-7-8-22-26-23(10-11-28(21,22)5)27(4)12-13-29(32-14-15-33-29)17-20(27)16-25(26)31/h18-26,30-31H,6-17H2,1-5H3/t19-,20+,21-,22+,23+,24+,25-,26+,27+,28-/m1/s1. The minimum absolute atomic E-state index is 0.173. The molecule has 0 amide bonds. The molecule has 4 nitrogen and oxygen atoms in total. The van der Waals surface area contributed by atoms with E-state index in [0.717, 1.165) is 51.2 Å². The highest BCUT2D eigenvalue weighted by Crippen LogP contribution is 2.69. The average molecular weight is 463 g/mol. The van der Waals surface area contributed by atoms with Crippen LogP contribution in [-0.4, -0.2) is 41.4 Å². The Kier molecular flexibility index (Phi) is 6.50. The van der Waals surface area contributed by atoms with Crippen LogP contribution in [0.15, 0.2) is 0 Å². The van der Waals surface area contributed by atoms with Crippen molar-refractivity contribution in [1.82, 2.24) is 0 Å². The number of hydrogen-bond donors (Lipinski definition) is 2. The summed E-state index contributed by atoms with van der Waals surface area (Å²) in [6.07, 6.45) is 11.0. The Hall–Kier alpha value is -0.160. The summed E-state index contributed by atoms with van der Waals surface area (Å²) < 4.78 is 12.2. The highest BCUT2D eigenvalue weighted by molar-refractivity contribution is 5.12. The zero-order valence-corrected chi connectivity index (χ0v) is 21.9. The fourth-order valence-corrected chi connectivity index (χ4v) is 9.87. The highest BCUT2D eigenvalue weighted by atomic mass is 16.7. The molecule has 0 radical (unpaired) electrons. The van der Waals surface area contributed by atoms with E-state index in [1.807, 2.05) is 0 Å². The molecule has 4 aliphatic carbocycles. The van der Waals surface area contributed by atoms with Crippen LogP contribution < -0.4 is 0 Å². The van der Waals surface area contributed by atoms with E-state index in [1.165, 1.54) is 32.1 Å². The monoisotopic (exact) mass is 462 g/mol. The lowest BCUT2D eigenvalue weighted by Crippen LogP contribution is -2.60. The fraction of sp³-hybridized carbons (Fsp3) is 1.00. The van der Waals surface area contributed by atoms with Gasteiger partial charge in [-0.15, -0.1) is 0 Å². The molecular weight excluding hydrogens is 412 g/mol. The molecule has 0 bridgehead atoms. The van der Waals surface area contributed by atoms with Gasteiger partial charge in [0.2, 0.25) is 0 Å². The maximum Gasteiger partial charge on any atom is 0.168 e. The second-order valence-corrected chi connectivity index (χ2v) is 13.7. The lowest BCUT2D eigenvalue weighted by molar-refractivity contribution is -0.243. The third kappa shape index (κ3) is 3.94. The molecule has 1 spiro atoms. The van der Waals surface area contributed by atoms with Crippen molar-refractivity contribution in [3.05, 3.63) is 0 Å². The van der Waals surface area contributed by atoms with Gasteiger partial charge < -0.3 is 19.7 Å². The molecule has 0 unspecified atom stereocenters. The van der Waals surface area contributed by atoms with Gasteiger partial charge in [-0.3, -0.25) is 0 Å². The Labute approximate surface area is 202 Å². The zero-order valence-electron chi connectivity index (χ0n) is 21.9. The van der Waals surface area contributed by atoms with Gasteiger partial charge in [0.15, 0.2) is 5.79 Å². The Morgan fingerprint density at radius 3 is 2.27 bits per heavy atom. The van der Waals surface area contributed by atoms with Gasteiger partial charge in [0.05, 0.1) is 25.4 Å².